The third-order valence-corrected chi connectivity index (χ3v) is 5.00. The third-order valence-electron chi connectivity index (χ3n) is 4.29. The fourth-order valence-corrected chi connectivity index (χ4v) is 2.83. The summed E-state index contributed by atoms with van der Waals surface area (Å²) in [6, 6.07) is 5.56. The van der Waals surface area contributed by atoms with Gasteiger partial charge in [-0.25, -0.2) is 17.2 Å². The molecule has 0 aromatic heterocycles. The number of rotatable bonds is 6. The Morgan fingerprint density at radius 1 is 1.10 bits per heavy atom. The first-order chi connectivity index (χ1) is 13.4. The van der Waals surface area contributed by atoms with Gasteiger partial charge in [-0.2, -0.15) is 13.2 Å². The zero-order valence-electron chi connectivity index (χ0n) is 15.3. The van der Waals surface area contributed by atoms with E-state index in [-0.39, 0.29) is 23.4 Å². The van der Waals surface area contributed by atoms with Gasteiger partial charge in [0.25, 0.3) is 0 Å². The zero-order chi connectivity index (χ0) is 21.9. The molecular formula is C18H17F5N2O3S. The normalized spacial score (nSPS) is 12.7. The van der Waals surface area contributed by atoms with Crippen LogP contribution in [0.5, 0.6) is 0 Å². The van der Waals surface area contributed by atoms with Gasteiger partial charge < -0.3 is 5.32 Å². The highest BCUT2D eigenvalue weighted by Gasteiger charge is 2.31. The van der Waals surface area contributed by atoms with E-state index in [1.54, 1.807) is 0 Å². The van der Waals surface area contributed by atoms with Crippen molar-refractivity contribution < 1.29 is 35.2 Å². The molecule has 2 aromatic carbocycles. The van der Waals surface area contributed by atoms with Gasteiger partial charge in [0.1, 0.15) is 11.6 Å². The van der Waals surface area contributed by atoms with Gasteiger partial charge in [0.2, 0.25) is 16.8 Å². The number of carbonyl (C=O) groups excluding carboxylic acids is 1. The summed E-state index contributed by atoms with van der Waals surface area (Å²) in [5.41, 5.74) is -1.23. The molecule has 0 aliphatic rings. The summed E-state index contributed by atoms with van der Waals surface area (Å²) in [5.74, 6) is -3.45. The first-order valence-electron chi connectivity index (χ1n) is 8.22. The van der Waals surface area contributed by atoms with Crippen LogP contribution in [-0.4, -0.2) is 21.4 Å². The van der Waals surface area contributed by atoms with Gasteiger partial charge in [-0.05, 0) is 36.8 Å². The molecule has 1 atom stereocenters. The van der Waals surface area contributed by atoms with Gasteiger partial charge in [0.05, 0.1) is 17.2 Å². The van der Waals surface area contributed by atoms with E-state index in [0.29, 0.717) is 16.4 Å². The van der Waals surface area contributed by atoms with Crippen molar-refractivity contribution in [3.05, 3.63) is 64.7 Å². The van der Waals surface area contributed by atoms with Gasteiger partial charge >= 0.3 is 6.18 Å². The van der Waals surface area contributed by atoms with E-state index in [1.807, 2.05) is 0 Å². The molecule has 2 aromatic rings. The van der Waals surface area contributed by atoms with Crippen LogP contribution in [0.1, 0.15) is 29.5 Å². The summed E-state index contributed by atoms with van der Waals surface area (Å²) < 4.78 is 88.3. The molecule has 1 N–H and O–H groups in total. The number of thiol groups is 1. The smallest absolute Gasteiger partial charge is 0.351 e. The van der Waals surface area contributed by atoms with Crippen LogP contribution in [0.15, 0.2) is 36.4 Å². The molecule has 0 aliphatic heterocycles. The molecule has 11 heteroatoms. The second kappa shape index (κ2) is 8.76. The van der Waals surface area contributed by atoms with Crippen LogP contribution in [0.4, 0.5) is 27.6 Å². The molecule has 0 bridgehead atoms. The maximum atomic E-state index is 14.1. The number of anilines is 1. The summed E-state index contributed by atoms with van der Waals surface area (Å²) in [6.45, 7) is 1.10. The van der Waals surface area contributed by atoms with Gasteiger partial charge in [-0.1, -0.05) is 12.1 Å². The van der Waals surface area contributed by atoms with Crippen molar-refractivity contribution in [2.24, 2.45) is 0 Å². The Hall–Kier alpha value is -2.69. The molecule has 0 fully saturated rings. The minimum absolute atomic E-state index is 0.138. The maximum Gasteiger partial charge on any atom is 0.416 e. The van der Waals surface area contributed by atoms with Crippen LogP contribution in [0.3, 0.4) is 0 Å². The quantitative estimate of drug-likeness (QED) is 0.539. The molecule has 1 unspecified atom stereocenters. The molecule has 0 saturated heterocycles. The lowest BCUT2D eigenvalue weighted by molar-refractivity contribution is -0.137. The number of alkyl halides is 3. The molecule has 1 amide bonds. The topological polar surface area (TPSA) is 66.5 Å². The molecule has 0 spiro atoms. The van der Waals surface area contributed by atoms with E-state index in [9.17, 15) is 35.2 Å². The van der Waals surface area contributed by atoms with Crippen molar-refractivity contribution in [1.29, 1.82) is 0 Å². The van der Waals surface area contributed by atoms with Crippen LogP contribution >= 0.6 is 0 Å². The van der Waals surface area contributed by atoms with E-state index in [4.69, 9.17) is 0 Å². The van der Waals surface area contributed by atoms with Crippen LogP contribution in [0.25, 0.3) is 0 Å². The predicted molar refractivity (Wildman–Crippen MR) is 96.8 cm³/mol. The van der Waals surface area contributed by atoms with Crippen molar-refractivity contribution >= 4 is 22.5 Å². The largest absolute Gasteiger partial charge is 0.416 e. The number of halogens is 5. The van der Waals surface area contributed by atoms with Crippen LogP contribution in [-0.2, 0) is 28.4 Å². The average Bonchev–Trinajstić information content (AvgIpc) is 2.64. The fraction of sp³-hybridized carbons (Fsp3) is 0.278. The van der Waals surface area contributed by atoms with Crippen molar-refractivity contribution in [3.63, 3.8) is 0 Å². The van der Waals surface area contributed by atoms with Crippen LogP contribution < -0.4 is 9.62 Å². The second-order valence-corrected chi connectivity index (χ2v) is 7.29. The number of hydrogen-bond acceptors (Lipinski definition) is 3. The Kier molecular flexibility index (Phi) is 6.83. The number of carbonyl (C=O) groups is 1. The third kappa shape index (κ3) is 5.43. The molecule has 0 heterocycles. The van der Waals surface area contributed by atoms with E-state index in [2.05, 4.69) is 5.32 Å². The molecular weight excluding hydrogens is 419 g/mol. The van der Waals surface area contributed by atoms with Crippen molar-refractivity contribution in [2.75, 3.05) is 11.4 Å². The second-order valence-electron chi connectivity index (χ2n) is 6.22. The number of nitrogens with one attached hydrogen (secondary N) is 1. The SMILES string of the molecule is CC(C(=O)NCc1ccc(C(F)(F)F)cc1F)c1ccc(N(C)[SH](=O)=O)c(F)c1. The minimum Gasteiger partial charge on any atom is -0.351 e. The fourth-order valence-electron chi connectivity index (χ4n) is 2.50. The minimum atomic E-state index is -4.68. The highest BCUT2D eigenvalue weighted by atomic mass is 32.2. The predicted octanol–water partition coefficient (Wildman–Crippen LogP) is 3.37. The molecule has 2 rings (SSSR count). The number of amides is 1. The number of nitrogens with zero attached hydrogens (tertiary/aromatic N) is 1. The Morgan fingerprint density at radius 2 is 1.76 bits per heavy atom. The lowest BCUT2D eigenvalue weighted by Crippen LogP contribution is -2.28. The average molecular weight is 436 g/mol. The Labute approximate surface area is 165 Å². The Balaban J connectivity index is 2.09. The number of benzene rings is 2. The summed E-state index contributed by atoms with van der Waals surface area (Å²) in [6.07, 6.45) is -4.68. The van der Waals surface area contributed by atoms with Gasteiger partial charge in [0.15, 0.2) is 0 Å². The lowest BCUT2D eigenvalue weighted by Gasteiger charge is -2.16. The maximum absolute atomic E-state index is 14.1. The van der Waals surface area contributed by atoms with Gasteiger partial charge in [-0.15, -0.1) is 0 Å². The zero-order valence-corrected chi connectivity index (χ0v) is 16.2. The van der Waals surface area contributed by atoms with Crippen molar-refractivity contribution in [2.45, 2.75) is 25.6 Å². The molecule has 158 valence electrons. The molecule has 0 saturated carbocycles. The monoisotopic (exact) mass is 436 g/mol. The molecule has 0 aliphatic carbocycles. The highest BCUT2D eigenvalue weighted by molar-refractivity contribution is 7.74. The van der Waals surface area contributed by atoms with E-state index < -0.39 is 46.1 Å². The first kappa shape index (κ1) is 22.6. The summed E-state index contributed by atoms with van der Waals surface area (Å²) in [7, 11) is -1.86. The van der Waals surface area contributed by atoms with E-state index in [0.717, 1.165) is 12.1 Å². The summed E-state index contributed by atoms with van der Waals surface area (Å²) in [4.78, 5) is 12.2. The van der Waals surface area contributed by atoms with E-state index >= 15 is 0 Å². The highest BCUT2D eigenvalue weighted by Crippen LogP contribution is 2.30. The van der Waals surface area contributed by atoms with Gasteiger partial charge in [-0.3, -0.25) is 9.10 Å². The number of hydrogen-bond donors (Lipinski definition) is 2. The molecule has 29 heavy (non-hydrogen) atoms. The lowest BCUT2D eigenvalue weighted by atomic mass is 9.99. The van der Waals surface area contributed by atoms with Crippen LogP contribution in [0.2, 0.25) is 0 Å². The van der Waals surface area contributed by atoms with Crippen LogP contribution in [0, 0.1) is 11.6 Å². The Bertz CT molecular complexity index is 984. The standard InChI is InChI=1S/C18H17F5N2O3S/c1-10(11-4-6-16(15(20)7-11)25(2)29(27)28)17(26)24-9-12-3-5-13(8-14(12)19)18(21,22)23/h3-8,10,29H,9H2,1-2H3,(H,24,26). The Morgan fingerprint density at radius 3 is 2.28 bits per heavy atom. The van der Waals surface area contributed by atoms with E-state index in [1.165, 1.54) is 26.1 Å². The molecule has 5 nitrogen and oxygen atoms in total. The summed E-state index contributed by atoms with van der Waals surface area (Å²) >= 11 is 0. The van der Waals surface area contributed by atoms with Gasteiger partial charge in [0, 0.05) is 19.2 Å². The summed E-state index contributed by atoms with van der Waals surface area (Å²) in [5, 5.41) is 2.38. The van der Waals surface area contributed by atoms with Crippen molar-refractivity contribution in [1.82, 2.24) is 5.32 Å². The first-order valence-corrected chi connectivity index (χ1v) is 9.35. The molecule has 0 radical (unpaired) electrons. The van der Waals surface area contributed by atoms with Crippen molar-refractivity contribution in [3.8, 4) is 0 Å².